The number of aromatic nitrogens is 3. The summed E-state index contributed by atoms with van der Waals surface area (Å²) in [5.41, 5.74) is 1.33. The second kappa shape index (κ2) is 7.53. The molecule has 2 aromatic carbocycles. The van der Waals surface area contributed by atoms with Gasteiger partial charge in [-0.3, -0.25) is 0 Å². The molecule has 0 saturated carbocycles. The van der Waals surface area contributed by atoms with Crippen molar-refractivity contribution in [2.75, 3.05) is 0 Å². The van der Waals surface area contributed by atoms with Crippen LogP contribution in [0.25, 0.3) is 5.69 Å². The van der Waals surface area contributed by atoms with Gasteiger partial charge in [0.1, 0.15) is 11.5 Å². The molecule has 0 radical (unpaired) electrons. The Labute approximate surface area is 155 Å². The van der Waals surface area contributed by atoms with Crippen molar-refractivity contribution in [3.8, 4) is 23.1 Å². The average Bonchev–Trinajstić information content (AvgIpc) is 3.25. The first-order chi connectivity index (χ1) is 13.3. The second-order valence-corrected chi connectivity index (χ2v) is 5.63. The largest absolute Gasteiger partial charge is 0.439 e. The van der Waals surface area contributed by atoms with Crippen LogP contribution in [0.3, 0.4) is 0 Å². The third-order valence-electron chi connectivity index (χ3n) is 3.77. The molecule has 27 heavy (non-hydrogen) atoms. The minimum atomic E-state index is -0.430. The van der Waals surface area contributed by atoms with Crippen molar-refractivity contribution < 1.29 is 14.3 Å². The van der Waals surface area contributed by atoms with Crippen LogP contribution in [0.2, 0.25) is 0 Å². The average molecular weight is 357 g/mol. The minimum Gasteiger partial charge on any atom is -0.439 e. The molecule has 0 aliphatic carbocycles. The molecule has 0 bridgehead atoms. The van der Waals surface area contributed by atoms with Crippen LogP contribution < -0.4 is 9.47 Å². The maximum absolute atomic E-state index is 12.3. The van der Waals surface area contributed by atoms with Gasteiger partial charge in [-0.05, 0) is 60.7 Å². The highest BCUT2D eigenvalue weighted by Crippen LogP contribution is 2.23. The Kier molecular flexibility index (Phi) is 4.61. The van der Waals surface area contributed by atoms with Gasteiger partial charge in [-0.2, -0.15) is 5.10 Å². The predicted octanol–water partition coefficient (Wildman–Crippen LogP) is 4.28. The van der Waals surface area contributed by atoms with Gasteiger partial charge < -0.3 is 9.47 Å². The molecule has 0 N–H and O–H groups in total. The van der Waals surface area contributed by atoms with Crippen LogP contribution in [0.1, 0.15) is 10.4 Å². The van der Waals surface area contributed by atoms with Crippen LogP contribution in [0.15, 0.2) is 91.4 Å². The number of hydrogen-bond donors (Lipinski definition) is 0. The van der Waals surface area contributed by atoms with Crippen molar-refractivity contribution in [3.05, 3.63) is 97.0 Å². The molecule has 0 unspecified atom stereocenters. The SMILES string of the molecule is O=C(Oc1ccc(Oc2ccccn2)cc1)c1ccc(-n2cccn2)cc1. The summed E-state index contributed by atoms with van der Waals surface area (Å²) in [7, 11) is 0. The van der Waals surface area contributed by atoms with Gasteiger partial charge in [0.25, 0.3) is 0 Å². The van der Waals surface area contributed by atoms with Gasteiger partial charge >= 0.3 is 5.97 Å². The predicted molar refractivity (Wildman–Crippen MR) is 99.3 cm³/mol. The summed E-state index contributed by atoms with van der Waals surface area (Å²) in [6.45, 7) is 0. The zero-order valence-corrected chi connectivity index (χ0v) is 14.2. The number of pyridine rings is 1. The molecule has 6 nitrogen and oxygen atoms in total. The first-order valence-corrected chi connectivity index (χ1v) is 8.29. The van der Waals surface area contributed by atoms with E-state index in [2.05, 4.69) is 10.1 Å². The molecule has 0 atom stereocenters. The van der Waals surface area contributed by atoms with Crippen molar-refractivity contribution >= 4 is 5.97 Å². The van der Waals surface area contributed by atoms with Crippen LogP contribution >= 0.6 is 0 Å². The van der Waals surface area contributed by atoms with Crippen LogP contribution in [0.5, 0.6) is 17.4 Å². The molecule has 6 heteroatoms. The third kappa shape index (κ3) is 4.01. The molecule has 0 spiro atoms. The fraction of sp³-hybridized carbons (Fsp3) is 0. The number of carbonyl (C=O) groups excluding carboxylic acids is 1. The molecule has 0 aliphatic rings. The third-order valence-corrected chi connectivity index (χ3v) is 3.77. The Balaban J connectivity index is 1.40. The van der Waals surface area contributed by atoms with E-state index in [1.807, 2.05) is 36.5 Å². The van der Waals surface area contributed by atoms with Crippen molar-refractivity contribution in [1.29, 1.82) is 0 Å². The lowest BCUT2D eigenvalue weighted by Crippen LogP contribution is -2.08. The highest BCUT2D eigenvalue weighted by atomic mass is 16.5. The summed E-state index contributed by atoms with van der Waals surface area (Å²) in [5.74, 6) is 1.11. The normalized spacial score (nSPS) is 10.4. The van der Waals surface area contributed by atoms with E-state index in [9.17, 15) is 4.79 Å². The van der Waals surface area contributed by atoms with Crippen molar-refractivity contribution in [2.24, 2.45) is 0 Å². The molecule has 2 heterocycles. The highest BCUT2D eigenvalue weighted by molar-refractivity contribution is 5.91. The smallest absolute Gasteiger partial charge is 0.343 e. The van der Waals surface area contributed by atoms with Gasteiger partial charge in [-0.1, -0.05) is 6.07 Å². The standard InChI is InChI=1S/C21H15N3O3/c25-21(16-5-7-17(8-6-16)24-15-3-14-23-24)27-19-11-9-18(10-12-19)26-20-4-1-2-13-22-20/h1-15H. The number of ether oxygens (including phenoxy) is 2. The summed E-state index contributed by atoms with van der Waals surface area (Å²) in [4.78, 5) is 16.4. The molecule has 0 amide bonds. The number of esters is 1. The lowest BCUT2D eigenvalue weighted by molar-refractivity contribution is 0.0734. The monoisotopic (exact) mass is 357 g/mol. The zero-order chi connectivity index (χ0) is 18.5. The number of nitrogens with zero attached hydrogens (tertiary/aromatic N) is 3. The maximum atomic E-state index is 12.3. The van der Waals surface area contributed by atoms with Crippen LogP contribution in [-0.4, -0.2) is 20.7 Å². The lowest BCUT2D eigenvalue weighted by atomic mass is 10.2. The minimum absolute atomic E-state index is 0.430. The summed E-state index contributed by atoms with van der Waals surface area (Å²) in [6.07, 6.45) is 5.19. The van der Waals surface area contributed by atoms with E-state index in [1.54, 1.807) is 59.5 Å². The Morgan fingerprint density at radius 3 is 2.26 bits per heavy atom. The van der Waals surface area contributed by atoms with Gasteiger partial charge in [0.05, 0.1) is 11.3 Å². The van der Waals surface area contributed by atoms with Crippen molar-refractivity contribution in [1.82, 2.24) is 14.8 Å². The zero-order valence-electron chi connectivity index (χ0n) is 14.2. The van der Waals surface area contributed by atoms with E-state index in [0.717, 1.165) is 5.69 Å². The Morgan fingerprint density at radius 2 is 1.59 bits per heavy atom. The first kappa shape index (κ1) is 16.5. The second-order valence-electron chi connectivity index (χ2n) is 5.63. The van der Waals surface area contributed by atoms with Crippen LogP contribution in [0, 0.1) is 0 Å². The maximum Gasteiger partial charge on any atom is 0.343 e. The number of benzene rings is 2. The topological polar surface area (TPSA) is 66.2 Å². The van der Waals surface area contributed by atoms with Crippen LogP contribution in [0.4, 0.5) is 0 Å². The summed E-state index contributed by atoms with van der Waals surface area (Å²) >= 11 is 0. The van der Waals surface area contributed by atoms with Gasteiger partial charge in [0.15, 0.2) is 0 Å². The Bertz CT molecular complexity index is 1010. The molecule has 132 valence electrons. The van der Waals surface area contributed by atoms with E-state index >= 15 is 0 Å². The fourth-order valence-electron chi connectivity index (χ4n) is 2.44. The van der Waals surface area contributed by atoms with Crippen molar-refractivity contribution in [3.63, 3.8) is 0 Å². The molecule has 2 aromatic heterocycles. The Morgan fingerprint density at radius 1 is 0.815 bits per heavy atom. The van der Waals surface area contributed by atoms with Crippen molar-refractivity contribution in [2.45, 2.75) is 0 Å². The number of rotatable bonds is 5. The van der Waals surface area contributed by atoms with Gasteiger partial charge in [0.2, 0.25) is 5.88 Å². The fourth-order valence-corrected chi connectivity index (χ4v) is 2.44. The van der Waals surface area contributed by atoms with E-state index < -0.39 is 5.97 Å². The van der Waals surface area contributed by atoms with Gasteiger partial charge in [-0.25, -0.2) is 14.5 Å². The lowest BCUT2D eigenvalue weighted by Gasteiger charge is -2.07. The first-order valence-electron chi connectivity index (χ1n) is 8.29. The van der Waals surface area contributed by atoms with Crippen LogP contribution in [-0.2, 0) is 0 Å². The highest BCUT2D eigenvalue weighted by Gasteiger charge is 2.09. The molecular weight excluding hydrogens is 342 g/mol. The van der Waals surface area contributed by atoms with Gasteiger partial charge in [0, 0.05) is 24.7 Å². The van der Waals surface area contributed by atoms with E-state index in [0.29, 0.717) is 22.9 Å². The molecule has 0 saturated heterocycles. The Hall–Kier alpha value is -3.93. The molecule has 0 fully saturated rings. The summed E-state index contributed by atoms with van der Waals surface area (Å²) in [5, 5.41) is 4.15. The van der Waals surface area contributed by atoms with Gasteiger partial charge in [-0.15, -0.1) is 0 Å². The molecule has 4 rings (SSSR count). The molecular formula is C21H15N3O3. The summed E-state index contributed by atoms with van der Waals surface area (Å²) in [6, 6.07) is 21.1. The van der Waals surface area contributed by atoms with E-state index in [1.165, 1.54) is 0 Å². The molecule has 0 aliphatic heterocycles. The van der Waals surface area contributed by atoms with E-state index in [-0.39, 0.29) is 0 Å². The summed E-state index contributed by atoms with van der Waals surface area (Å²) < 4.78 is 12.7. The van der Waals surface area contributed by atoms with E-state index in [4.69, 9.17) is 9.47 Å². The number of hydrogen-bond acceptors (Lipinski definition) is 5. The quantitative estimate of drug-likeness (QED) is 0.394. The number of carbonyl (C=O) groups is 1. The molecule has 4 aromatic rings.